The van der Waals surface area contributed by atoms with Crippen molar-refractivity contribution < 1.29 is 13.2 Å². The van der Waals surface area contributed by atoms with Gasteiger partial charge in [0.15, 0.2) is 5.82 Å². The van der Waals surface area contributed by atoms with E-state index in [1.165, 1.54) is 18.3 Å². The highest BCUT2D eigenvalue weighted by Crippen LogP contribution is 2.31. The summed E-state index contributed by atoms with van der Waals surface area (Å²) in [6, 6.07) is 12.4. The molecule has 5 nitrogen and oxygen atoms in total. The molecule has 1 aromatic heterocycles. The minimum Gasteiger partial charge on any atom is -0.339 e. The fourth-order valence-corrected chi connectivity index (χ4v) is 2.17. The van der Waals surface area contributed by atoms with Gasteiger partial charge in [-0.3, -0.25) is 0 Å². The van der Waals surface area contributed by atoms with Crippen LogP contribution in [0.5, 0.6) is 0 Å². The van der Waals surface area contributed by atoms with E-state index in [0.29, 0.717) is 5.82 Å². The lowest BCUT2D eigenvalue weighted by Crippen LogP contribution is -2.06. The molecule has 0 saturated heterocycles. The number of nitrogens with one attached hydrogen (secondary N) is 2. The molecule has 128 valence electrons. The fraction of sp³-hybridized carbons (Fsp3) is 0.118. The molecule has 3 rings (SSSR count). The van der Waals surface area contributed by atoms with E-state index < -0.39 is 11.7 Å². The van der Waals surface area contributed by atoms with Crippen LogP contribution in [0.4, 0.5) is 36.3 Å². The van der Waals surface area contributed by atoms with Gasteiger partial charge < -0.3 is 10.6 Å². The number of anilines is 4. The zero-order valence-corrected chi connectivity index (χ0v) is 13.2. The maximum Gasteiger partial charge on any atom is 0.416 e. The normalized spacial score (nSPS) is 11.2. The van der Waals surface area contributed by atoms with E-state index in [-0.39, 0.29) is 11.6 Å². The Morgan fingerprint density at radius 3 is 2.52 bits per heavy atom. The molecule has 0 saturated carbocycles. The summed E-state index contributed by atoms with van der Waals surface area (Å²) >= 11 is 0. The highest BCUT2D eigenvalue weighted by Gasteiger charge is 2.30. The molecular formula is C17H14F3N5. The van der Waals surface area contributed by atoms with E-state index >= 15 is 0 Å². The van der Waals surface area contributed by atoms with Crippen LogP contribution < -0.4 is 10.6 Å². The molecule has 0 aliphatic rings. The van der Waals surface area contributed by atoms with Gasteiger partial charge in [0.1, 0.15) is 0 Å². The average molecular weight is 345 g/mol. The van der Waals surface area contributed by atoms with Gasteiger partial charge in [-0.25, -0.2) is 0 Å². The molecule has 2 aromatic carbocycles. The Morgan fingerprint density at radius 1 is 0.960 bits per heavy atom. The number of benzene rings is 2. The molecular weight excluding hydrogens is 331 g/mol. The fourth-order valence-electron chi connectivity index (χ4n) is 2.17. The molecule has 0 atom stereocenters. The zero-order chi connectivity index (χ0) is 17.9. The van der Waals surface area contributed by atoms with Gasteiger partial charge in [-0.15, -0.1) is 5.10 Å². The molecule has 8 heteroatoms. The number of aryl methyl sites for hydroxylation is 1. The Kier molecular flexibility index (Phi) is 4.51. The Labute approximate surface area is 141 Å². The minimum atomic E-state index is -4.41. The summed E-state index contributed by atoms with van der Waals surface area (Å²) in [4.78, 5) is 4.22. The second-order valence-corrected chi connectivity index (χ2v) is 5.31. The highest BCUT2D eigenvalue weighted by atomic mass is 19.4. The first-order valence-electron chi connectivity index (χ1n) is 7.38. The van der Waals surface area contributed by atoms with Crippen LogP contribution in [0, 0.1) is 6.92 Å². The molecule has 25 heavy (non-hydrogen) atoms. The van der Waals surface area contributed by atoms with Crippen LogP contribution in [0.1, 0.15) is 11.1 Å². The number of alkyl halides is 3. The summed E-state index contributed by atoms with van der Waals surface area (Å²) in [7, 11) is 0. The van der Waals surface area contributed by atoms with Crippen LogP contribution in [0.25, 0.3) is 0 Å². The van der Waals surface area contributed by atoms with Crippen LogP contribution >= 0.6 is 0 Å². The van der Waals surface area contributed by atoms with E-state index in [2.05, 4.69) is 25.8 Å². The number of hydrogen-bond donors (Lipinski definition) is 2. The van der Waals surface area contributed by atoms with Gasteiger partial charge in [-0.2, -0.15) is 23.3 Å². The predicted molar refractivity (Wildman–Crippen MR) is 89.0 cm³/mol. The Bertz CT molecular complexity index is 880. The van der Waals surface area contributed by atoms with Crippen LogP contribution in [0.3, 0.4) is 0 Å². The van der Waals surface area contributed by atoms with Gasteiger partial charge in [-0.05, 0) is 36.8 Å². The third-order valence-corrected chi connectivity index (χ3v) is 3.41. The van der Waals surface area contributed by atoms with Crippen molar-refractivity contribution in [3.05, 3.63) is 65.9 Å². The van der Waals surface area contributed by atoms with Crippen molar-refractivity contribution in [3.63, 3.8) is 0 Å². The van der Waals surface area contributed by atoms with E-state index in [9.17, 15) is 13.2 Å². The van der Waals surface area contributed by atoms with Crippen LogP contribution in [-0.4, -0.2) is 15.2 Å². The van der Waals surface area contributed by atoms with Gasteiger partial charge in [0.2, 0.25) is 5.95 Å². The molecule has 0 amide bonds. The topological polar surface area (TPSA) is 62.7 Å². The minimum absolute atomic E-state index is 0.0953. The number of nitrogens with zero attached hydrogens (tertiary/aromatic N) is 3. The summed E-state index contributed by atoms with van der Waals surface area (Å²) in [5, 5.41) is 13.4. The largest absolute Gasteiger partial charge is 0.416 e. The molecule has 0 aliphatic heterocycles. The van der Waals surface area contributed by atoms with E-state index in [1.54, 1.807) is 0 Å². The predicted octanol–water partition coefficient (Wildman–Crippen LogP) is 4.69. The van der Waals surface area contributed by atoms with Crippen molar-refractivity contribution in [1.29, 1.82) is 0 Å². The average Bonchev–Trinajstić information content (AvgIpc) is 2.57. The lowest BCUT2D eigenvalue weighted by molar-refractivity contribution is -0.137. The SMILES string of the molecule is Cc1ccccc1Nc1cnnc(Nc2cccc(C(F)(F)F)c2)n1. The molecule has 0 aliphatic carbocycles. The third kappa shape index (κ3) is 4.23. The quantitative estimate of drug-likeness (QED) is 0.718. The zero-order valence-electron chi connectivity index (χ0n) is 13.2. The van der Waals surface area contributed by atoms with Gasteiger partial charge in [0.05, 0.1) is 11.8 Å². The van der Waals surface area contributed by atoms with Crippen molar-refractivity contribution in [2.24, 2.45) is 0 Å². The molecule has 1 heterocycles. The summed E-state index contributed by atoms with van der Waals surface area (Å²) in [6.45, 7) is 1.94. The number of halogens is 3. The first kappa shape index (κ1) is 16.7. The smallest absolute Gasteiger partial charge is 0.339 e. The maximum absolute atomic E-state index is 12.8. The van der Waals surface area contributed by atoms with Crippen LogP contribution in [-0.2, 0) is 6.18 Å². The van der Waals surface area contributed by atoms with E-state index in [0.717, 1.165) is 23.4 Å². The van der Waals surface area contributed by atoms with Gasteiger partial charge in [-0.1, -0.05) is 24.3 Å². The summed E-state index contributed by atoms with van der Waals surface area (Å²) in [5.41, 5.74) is 1.35. The van der Waals surface area contributed by atoms with Crippen molar-refractivity contribution in [3.8, 4) is 0 Å². The molecule has 3 aromatic rings. The Hall–Kier alpha value is -3.16. The highest BCUT2D eigenvalue weighted by molar-refractivity contribution is 5.61. The molecule has 0 bridgehead atoms. The number of aromatic nitrogens is 3. The molecule has 2 N–H and O–H groups in total. The Morgan fingerprint density at radius 2 is 1.76 bits per heavy atom. The third-order valence-electron chi connectivity index (χ3n) is 3.41. The van der Waals surface area contributed by atoms with Crippen molar-refractivity contribution in [2.75, 3.05) is 10.6 Å². The first-order chi connectivity index (χ1) is 11.9. The van der Waals surface area contributed by atoms with Gasteiger partial charge in [0, 0.05) is 11.4 Å². The summed E-state index contributed by atoms with van der Waals surface area (Å²) in [5.74, 6) is 0.525. The van der Waals surface area contributed by atoms with Gasteiger partial charge >= 0.3 is 6.18 Å². The molecule has 0 unspecified atom stereocenters. The molecule has 0 radical (unpaired) electrons. The number of rotatable bonds is 4. The standard InChI is InChI=1S/C17H14F3N5/c1-11-5-2-3-8-14(11)23-15-10-21-25-16(24-15)22-13-7-4-6-12(9-13)17(18,19)20/h2-10H,1H3,(H2,22,23,24,25). The lowest BCUT2D eigenvalue weighted by atomic mass is 10.2. The monoisotopic (exact) mass is 345 g/mol. The van der Waals surface area contributed by atoms with Gasteiger partial charge in [0.25, 0.3) is 0 Å². The van der Waals surface area contributed by atoms with Crippen molar-refractivity contribution in [1.82, 2.24) is 15.2 Å². The molecule has 0 fully saturated rings. The van der Waals surface area contributed by atoms with E-state index in [4.69, 9.17) is 0 Å². The van der Waals surface area contributed by atoms with E-state index in [1.807, 2.05) is 31.2 Å². The second-order valence-electron chi connectivity index (χ2n) is 5.31. The first-order valence-corrected chi connectivity index (χ1v) is 7.38. The van der Waals surface area contributed by atoms with Crippen molar-refractivity contribution >= 4 is 23.1 Å². The lowest BCUT2D eigenvalue weighted by Gasteiger charge is -2.11. The summed E-state index contributed by atoms with van der Waals surface area (Å²) < 4.78 is 38.3. The van der Waals surface area contributed by atoms with Crippen LogP contribution in [0.15, 0.2) is 54.7 Å². The number of para-hydroxylation sites is 1. The maximum atomic E-state index is 12.8. The van der Waals surface area contributed by atoms with Crippen molar-refractivity contribution in [2.45, 2.75) is 13.1 Å². The number of hydrogen-bond acceptors (Lipinski definition) is 5. The molecule has 0 spiro atoms. The Balaban J connectivity index is 1.80. The second kappa shape index (κ2) is 6.76. The summed E-state index contributed by atoms with van der Waals surface area (Å²) in [6.07, 6.45) is -2.98. The van der Waals surface area contributed by atoms with Crippen LogP contribution in [0.2, 0.25) is 0 Å².